The first-order valence-electron chi connectivity index (χ1n) is 10.6. The lowest BCUT2D eigenvalue weighted by Crippen LogP contribution is -2.35. The number of benzene rings is 2. The van der Waals surface area contributed by atoms with Gasteiger partial charge in [-0.2, -0.15) is 5.10 Å². The molecule has 1 unspecified atom stereocenters. The summed E-state index contributed by atoms with van der Waals surface area (Å²) in [5.74, 6) is 0.285. The summed E-state index contributed by atoms with van der Waals surface area (Å²) in [6.07, 6.45) is 7.01. The Labute approximate surface area is 176 Å². The molecule has 3 heterocycles. The number of H-pyrrole nitrogens is 1. The van der Waals surface area contributed by atoms with Crippen LogP contribution in [0.1, 0.15) is 30.1 Å². The van der Waals surface area contributed by atoms with Gasteiger partial charge in [0.25, 0.3) is 0 Å². The average molecular weight is 399 g/mol. The molecule has 0 saturated carbocycles. The molecule has 1 saturated heterocycles. The fraction of sp³-hybridized carbons (Fsp3) is 0.280. The number of likely N-dealkylation sites (tertiary alicyclic amines) is 1. The molecule has 1 aliphatic rings. The number of piperidine rings is 1. The van der Waals surface area contributed by atoms with E-state index in [0.717, 1.165) is 43.7 Å². The van der Waals surface area contributed by atoms with E-state index in [4.69, 9.17) is 0 Å². The Morgan fingerprint density at radius 1 is 1.00 bits per heavy atom. The molecule has 0 aliphatic carbocycles. The van der Waals surface area contributed by atoms with E-state index in [9.17, 15) is 5.11 Å². The van der Waals surface area contributed by atoms with Gasteiger partial charge in [-0.05, 0) is 54.3 Å². The van der Waals surface area contributed by atoms with Gasteiger partial charge in [0, 0.05) is 30.1 Å². The van der Waals surface area contributed by atoms with Gasteiger partial charge in [-0.3, -0.25) is 15.0 Å². The molecule has 0 amide bonds. The second-order valence-corrected chi connectivity index (χ2v) is 8.14. The van der Waals surface area contributed by atoms with Crippen LogP contribution in [0.4, 0.5) is 0 Å². The SMILES string of the molecule is OC(c1cccnc1)C1CCN(Cc2cn[nH]c2-c2cccc3ccccc23)CC1. The Balaban J connectivity index is 1.29. The van der Waals surface area contributed by atoms with Crippen molar-refractivity contribution < 1.29 is 5.11 Å². The third-order valence-electron chi connectivity index (χ3n) is 6.28. The second-order valence-electron chi connectivity index (χ2n) is 8.14. The van der Waals surface area contributed by atoms with Crippen molar-refractivity contribution in [3.8, 4) is 11.3 Å². The van der Waals surface area contributed by atoms with Crippen molar-refractivity contribution in [1.29, 1.82) is 0 Å². The maximum absolute atomic E-state index is 10.7. The van der Waals surface area contributed by atoms with Gasteiger partial charge >= 0.3 is 0 Å². The van der Waals surface area contributed by atoms with Crippen molar-refractivity contribution in [3.63, 3.8) is 0 Å². The Hall–Kier alpha value is -3.02. The van der Waals surface area contributed by atoms with E-state index in [0.29, 0.717) is 0 Å². The molecule has 152 valence electrons. The van der Waals surface area contributed by atoms with Crippen LogP contribution in [-0.4, -0.2) is 38.3 Å². The number of hydrogen-bond acceptors (Lipinski definition) is 4. The first-order chi connectivity index (χ1) is 14.8. The highest BCUT2D eigenvalue weighted by molar-refractivity contribution is 5.96. The standard InChI is InChI=1S/C25H26N4O/c30-25(20-7-4-12-26-15-20)19-10-13-29(14-11-19)17-21-16-27-28-24(21)23-9-3-6-18-5-1-2-8-22(18)23/h1-9,12,15-16,19,25,30H,10-11,13-14,17H2,(H,27,28). The molecule has 5 rings (SSSR count). The largest absolute Gasteiger partial charge is 0.388 e. The van der Waals surface area contributed by atoms with Crippen molar-refractivity contribution in [2.75, 3.05) is 13.1 Å². The molecular formula is C25H26N4O. The molecule has 1 fully saturated rings. The minimum Gasteiger partial charge on any atom is -0.388 e. The summed E-state index contributed by atoms with van der Waals surface area (Å²) in [5.41, 5.74) is 4.44. The lowest BCUT2D eigenvalue weighted by Gasteiger charge is -2.34. The number of aliphatic hydroxyl groups excluding tert-OH is 1. The second kappa shape index (κ2) is 8.38. The molecule has 2 N–H and O–H groups in total. The maximum Gasteiger partial charge on any atom is 0.0833 e. The minimum atomic E-state index is -0.430. The lowest BCUT2D eigenvalue weighted by atomic mass is 9.88. The molecule has 0 spiro atoms. The number of pyridine rings is 1. The van der Waals surface area contributed by atoms with Crippen LogP contribution in [0, 0.1) is 5.92 Å². The number of nitrogens with one attached hydrogen (secondary N) is 1. The number of aromatic nitrogens is 3. The number of aliphatic hydroxyl groups is 1. The summed E-state index contributed by atoms with van der Waals surface area (Å²) in [4.78, 5) is 6.61. The van der Waals surface area contributed by atoms with E-state index in [1.165, 1.54) is 21.9 Å². The summed E-state index contributed by atoms with van der Waals surface area (Å²) in [7, 11) is 0. The first-order valence-corrected chi connectivity index (χ1v) is 10.6. The fourth-order valence-electron chi connectivity index (χ4n) is 4.60. The van der Waals surface area contributed by atoms with Crippen LogP contribution in [-0.2, 0) is 6.54 Å². The predicted octanol–water partition coefficient (Wildman–Crippen LogP) is 4.57. The van der Waals surface area contributed by atoms with Gasteiger partial charge in [0.1, 0.15) is 0 Å². The summed E-state index contributed by atoms with van der Waals surface area (Å²) in [5, 5.41) is 20.8. The van der Waals surface area contributed by atoms with Gasteiger partial charge in [0.05, 0.1) is 18.0 Å². The molecule has 2 aromatic carbocycles. The van der Waals surface area contributed by atoms with Crippen molar-refractivity contribution in [1.82, 2.24) is 20.1 Å². The first kappa shape index (κ1) is 19.0. The van der Waals surface area contributed by atoms with Crippen molar-refractivity contribution in [2.24, 2.45) is 5.92 Å². The van der Waals surface area contributed by atoms with Gasteiger partial charge in [-0.25, -0.2) is 0 Å². The number of fused-ring (bicyclic) bond motifs is 1. The summed E-state index contributed by atoms with van der Waals surface area (Å²) in [6.45, 7) is 2.81. The van der Waals surface area contributed by atoms with Gasteiger partial charge < -0.3 is 5.11 Å². The van der Waals surface area contributed by atoms with Crippen LogP contribution < -0.4 is 0 Å². The van der Waals surface area contributed by atoms with E-state index < -0.39 is 6.10 Å². The quantitative estimate of drug-likeness (QED) is 0.517. The van der Waals surface area contributed by atoms with E-state index >= 15 is 0 Å². The van der Waals surface area contributed by atoms with Crippen LogP contribution in [0.15, 0.2) is 73.2 Å². The molecule has 4 aromatic rings. The Kier molecular flexibility index (Phi) is 5.30. The van der Waals surface area contributed by atoms with Crippen molar-refractivity contribution in [2.45, 2.75) is 25.5 Å². The Morgan fingerprint density at radius 3 is 2.67 bits per heavy atom. The van der Waals surface area contributed by atoms with Crippen molar-refractivity contribution >= 4 is 10.8 Å². The number of nitrogens with zero attached hydrogens (tertiary/aromatic N) is 3. The van der Waals surface area contributed by atoms with Crippen LogP contribution in [0.25, 0.3) is 22.0 Å². The van der Waals surface area contributed by atoms with Crippen LogP contribution in [0.2, 0.25) is 0 Å². The summed E-state index contributed by atoms with van der Waals surface area (Å²) < 4.78 is 0. The fourth-order valence-corrected chi connectivity index (χ4v) is 4.60. The maximum atomic E-state index is 10.7. The predicted molar refractivity (Wildman–Crippen MR) is 119 cm³/mol. The highest BCUT2D eigenvalue weighted by atomic mass is 16.3. The zero-order valence-electron chi connectivity index (χ0n) is 16.9. The molecule has 30 heavy (non-hydrogen) atoms. The lowest BCUT2D eigenvalue weighted by molar-refractivity contribution is 0.0566. The number of hydrogen-bond donors (Lipinski definition) is 2. The Morgan fingerprint density at radius 2 is 1.83 bits per heavy atom. The molecule has 0 bridgehead atoms. The molecule has 5 heteroatoms. The van der Waals surface area contributed by atoms with E-state index in [2.05, 4.69) is 62.5 Å². The van der Waals surface area contributed by atoms with Crippen LogP contribution in [0.5, 0.6) is 0 Å². The monoisotopic (exact) mass is 398 g/mol. The number of aromatic amines is 1. The smallest absolute Gasteiger partial charge is 0.0833 e. The van der Waals surface area contributed by atoms with Gasteiger partial charge in [0.15, 0.2) is 0 Å². The van der Waals surface area contributed by atoms with Gasteiger partial charge in [0.2, 0.25) is 0 Å². The van der Waals surface area contributed by atoms with Crippen molar-refractivity contribution in [3.05, 3.63) is 84.3 Å². The summed E-state index contributed by atoms with van der Waals surface area (Å²) in [6, 6.07) is 18.7. The van der Waals surface area contributed by atoms with E-state index in [-0.39, 0.29) is 5.92 Å². The average Bonchev–Trinajstić information content (AvgIpc) is 3.27. The van der Waals surface area contributed by atoms with Crippen LogP contribution >= 0.6 is 0 Å². The molecule has 0 radical (unpaired) electrons. The normalized spacial score (nSPS) is 16.7. The molecule has 5 nitrogen and oxygen atoms in total. The topological polar surface area (TPSA) is 65.0 Å². The molecule has 1 aliphatic heterocycles. The Bertz CT molecular complexity index is 1110. The van der Waals surface area contributed by atoms with Crippen LogP contribution in [0.3, 0.4) is 0 Å². The third kappa shape index (κ3) is 3.74. The number of rotatable bonds is 5. The molecule has 1 atom stereocenters. The van der Waals surface area contributed by atoms with E-state index in [1.54, 1.807) is 12.4 Å². The van der Waals surface area contributed by atoms with E-state index in [1.807, 2.05) is 18.3 Å². The molecular weight excluding hydrogens is 372 g/mol. The zero-order chi connectivity index (χ0) is 20.3. The zero-order valence-corrected chi connectivity index (χ0v) is 16.9. The highest BCUT2D eigenvalue weighted by Crippen LogP contribution is 2.33. The highest BCUT2D eigenvalue weighted by Gasteiger charge is 2.27. The third-order valence-corrected chi connectivity index (χ3v) is 6.28. The minimum absolute atomic E-state index is 0.285. The van der Waals surface area contributed by atoms with Gasteiger partial charge in [-0.15, -0.1) is 0 Å². The van der Waals surface area contributed by atoms with Gasteiger partial charge in [-0.1, -0.05) is 48.5 Å². The molecule has 2 aromatic heterocycles. The summed E-state index contributed by atoms with van der Waals surface area (Å²) >= 11 is 0.